The molecule has 39 heavy (non-hydrogen) atoms. The molecule has 1 spiro atoms. The SMILES string of the molecule is CCN(c1nc(OC[C@@]23CCCN2CC(F)C3)nc(N2CC3(C2)SCc2sc(N)c(C#N)c23)n1)C(C)CC#N. The summed E-state index contributed by atoms with van der Waals surface area (Å²) in [4.78, 5) is 21.7. The minimum absolute atomic E-state index is 0.0863. The normalized spacial score (nSPS) is 25.6. The molecule has 0 aromatic carbocycles. The fourth-order valence-electron chi connectivity index (χ4n) is 6.64. The first kappa shape index (κ1) is 26.4. The lowest BCUT2D eigenvalue weighted by atomic mass is 9.88. The van der Waals surface area contributed by atoms with Crippen LogP contribution in [-0.4, -0.2) is 76.9 Å². The first-order valence-corrected chi connectivity index (χ1v) is 15.2. The summed E-state index contributed by atoms with van der Waals surface area (Å²) in [5, 5.41) is 19.6. The average molecular weight is 570 g/mol. The molecule has 0 aliphatic carbocycles. The number of aromatic nitrogens is 3. The monoisotopic (exact) mass is 569 g/mol. The van der Waals surface area contributed by atoms with Gasteiger partial charge in [0.25, 0.3) is 0 Å². The van der Waals surface area contributed by atoms with Crippen LogP contribution in [0.4, 0.5) is 21.3 Å². The molecule has 0 amide bonds. The fraction of sp³-hybridized carbons (Fsp3) is 0.654. The summed E-state index contributed by atoms with van der Waals surface area (Å²) in [6.07, 6.45) is 1.90. The van der Waals surface area contributed by atoms with Gasteiger partial charge in [-0.3, -0.25) is 4.90 Å². The van der Waals surface area contributed by atoms with Crippen LogP contribution in [0.25, 0.3) is 0 Å². The number of halogens is 1. The quantitative estimate of drug-likeness (QED) is 0.501. The molecule has 4 aliphatic rings. The number of nitrogens with zero attached hydrogens (tertiary/aromatic N) is 8. The van der Waals surface area contributed by atoms with Gasteiger partial charge in [-0.05, 0) is 33.2 Å². The van der Waals surface area contributed by atoms with Gasteiger partial charge in [0.1, 0.15) is 23.8 Å². The van der Waals surface area contributed by atoms with Crippen LogP contribution in [0.2, 0.25) is 0 Å². The van der Waals surface area contributed by atoms with Crippen LogP contribution in [0.1, 0.15) is 55.5 Å². The van der Waals surface area contributed by atoms with E-state index in [1.165, 1.54) is 16.2 Å². The second-order valence-corrected chi connectivity index (χ2v) is 13.5. The molecule has 3 atom stereocenters. The number of ether oxygens (including phenoxy) is 1. The van der Waals surface area contributed by atoms with Crippen LogP contribution in [0, 0.1) is 22.7 Å². The Balaban J connectivity index is 1.28. The molecule has 4 aliphatic heterocycles. The lowest BCUT2D eigenvalue weighted by Crippen LogP contribution is -2.57. The Morgan fingerprint density at radius 3 is 2.87 bits per heavy atom. The van der Waals surface area contributed by atoms with E-state index in [0.29, 0.717) is 68.1 Å². The summed E-state index contributed by atoms with van der Waals surface area (Å²) in [6, 6.07) is 4.69. The number of anilines is 3. The van der Waals surface area contributed by atoms with Gasteiger partial charge in [-0.2, -0.15) is 25.5 Å². The zero-order valence-corrected chi connectivity index (χ0v) is 23.8. The van der Waals surface area contributed by atoms with Gasteiger partial charge < -0.3 is 20.3 Å². The van der Waals surface area contributed by atoms with Gasteiger partial charge >= 0.3 is 6.01 Å². The summed E-state index contributed by atoms with van der Waals surface area (Å²) in [6.45, 7) is 7.59. The number of hydrogen-bond donors (Lipinski definition) is 1. The number of thiophene rings is 1. The Morgan fingerprint density at radius 2 is 2.13 bits per heavy atom. The molecule has 0 bridgehead atoms. The van der Waals surface area contributed by atoms with Crippen molar-refractivity contribution in [3.63, 3.8) is 0 Å². The van der Waals surface area contributed by atoms with Gasteiger partial charge in [-0.15, -0.1) is 23.1 Å². The highest BCUT2D eigenvalue weighted by Gasteiger charge is 2.53. The van der Waals surface area contributed by atoms with Crippen LogP contribution in [0.15, 0.2) is 0 Å². The molecule has 0 radical (unpaired) electrons. The van der Waals surface area contributed by atoms with E-state index in [0.717, 1.165) is 30.7 Å². The van der Waals surface area contributed by atoms with Crippen molar-refractivity contribution >= 4 is 40.0 Å². The van der Waals surface area contributed by atoms with Crippen molar-refractivity contribution < 1.29 is 9.13 Å². The van der Waals surface area contributed by atoms with Crippen molar-refractivity contribution in [2.24, 2.45) is 0 Å². The highest BCUT2D eigenvalue weighted by atomic mass is 32.2. The van der Waals surface area contributed by atoms with E-state index >= 15 is 0 Å². The van der Waals surface area contributed by atoms with Gasteiger partial charge in [0.15, 0.2) is 0 Å². The summed E-state index contributed by atoms with van der Waals surface area (Å²) < 4.78 is 20.3. The molecular formula is C26H32FN9OS2. The molecule has 3 fully saturated rings. The summed E-state index contributed by atoms with van der Waals surface area (Å²) in [7, 11) is 0. The predicted octanol–water partition coefficient (Wildman–Crippen LogP) is 3.43. The third-order valence-electron chi connectivity index (χ3n) is 8.57. The maximum absolute atomic E-state index is 14.3. The molecule has 6 heterocycles. The molecule has 6 rings (SSSR count). The maximum atomic E-state index is 14.3. The Morgan fingerprint density at radius 1 is 1.31 bits per heavy atom. The standard InChI is InChI=1S/C26H32FN9OS2/c1-3-36(16(2)5-7-28)23-31-22(32-24(33-23)37-15-25-6-4-8-35(25)11-17(27)9-25)34-13-26(14-34)20-18(10-29)21(30)39-19(20)12-38-26/h16-17H,3-6,8-9,11-15,30H2,1-2H3/t16?,17?,25-/m0/s1. The molecule has 2 aromatic heterocycles. The predicted molar refractivity (Wildman–Crippen MR) is 150 cm³/mol. The van der Waals surface area contributed by atoms with E-state index < -0.39 is 6.17 Å². The van der Waals surface area contributed by atoms with Crippen molar-refractivity contribution in [1.29, 1.82) is 10.5 Å². The van der Waals surface area contributed by atoms with Crippen molar-refractivity contribution in [3.05, 3.63) is 16.0 Å². The Kier molecular flexibility index (Phi) is 6.72. The number of alkyl halides is 1. The van der Waals surface area contributed by atoms with Crippen molar-refractivity contribution in [2.75, 3.05) is 54.9 Å². The van der Waals surface area contributed by atoms with E-state index in [9.17, 15) is 14.9 Å². The number of rotatable bonds is 8. The van der Waals surface area contributed by atoms with Crippen LogP contribution in [-0.2, 0) is 10.5 Å². The molecular weight excluding hydrogens is 537 g/mol. The zero-order chi connectivity index (χ0) is 27.4. The van der Waals surface area contributed by atoms with Gasteiger partial charge in [-0.1, -0.05) is 0 Å². The van der Waals surface area contributed by atoms with E-state index in [1.807, 2.05) is 30.5 Å². The molecule has 2 N–H and O–H groups in total. The number of fused-ring (bicyclic) bond motifs is 3. The van der Waals surface area contributed by atoms with Crippen molar-refractivity contribution in [1.82, 2.24) is 19.9 Å². The van der Waals surface area contributed by atoms with Gasteiger partial charge in [0.05, 0.1) is 28.3 Å². The van der Waals surface area contributed by atoms with Gasteiger partial charge in [-0.25, -0.2) is 4.39 Å². The number of nitrogens with two attached hydrogens (primary N) is 1. The molecule has 2 unspecified atom stereocenters. The van der Waals surface area contributed by atoms with Crippen molar-refractivity contribution in [3.8, 4) is 18.1 Å². The van der Waals surface area contributed by atoms with E-state index in [2.05, 4.69) is 26.9 Å². The number of thioether (sulfide) groups is 1. The lowest BCUT2D eigenvalue weighted by molar-refractivity contribution is 0.107. The zero-order valence-electron chi connectivity index (χ0n) is 22.2. The first-order valence-electron chi connectivity index (χ1n) is 13.4. The average Bonchev–Trinajstić information content (AvgIpc) is 3.60. The summed E-state index contributed by atoms with van der Waals surface area (Å²) in [5.41, 5.74) is 7.51. The second-order valence-electron chi connectivity index (χ2n) is 11.0. The maximum Gasteiger partial charge on any atom is 0.323 e. The summed E-state index contributed by atoms with van der Waals surface area (Å²) >= 11 is 3.36. The molecule has 13 heteroatoms. The Labute approximate surface area is 236 Å². The third-order valence-corrected chi connectivity index (χ3v) is 11.2. The topological polar surface area (TPSA) is 131 Å². The fourth-order valence-corrected chi connectivity index (χ4v) is 9.45. The molecule has 206 valence electrons. The smallest absolute Gasteiger partial charge is 0.323 e. The number of hydrogen-bond acceptors (Lipinski definition) is 12. The highest BCUT2D eigenvalue weighted by molar-refractivity contribution is 8.00. The molecule has 10 nitrogen and oxygen atoms in total. The van der Waals surface area contributed by atoms with Gasteiger partial charge in [0, 0.05) is 54.8 Å². The minimum atomic E-state index is -0.837. The third kappa shape index (κ3) is 4.35. The molecule has 2 aromatic rings. The first-order chi connectivity index (χ1) is 18.8. The Bertz CT molecular complexity index is 1350. The van der Waals surface area contributed by atoms with Crippen LogP contribution in [0.3, 0.4) is 0 Å². The minimum Gasteiger partial charge on any atom is -0.461 e. The van der Waals surface area contributed by atoms with Gasteiger partial charge in [0.2, 0.25) is 11.9 Å². The largest absolute Gasteiger partial charge is 0.461 e. The molecule has 0 saturated carbocycles. The Hall–Kier alpha value is -2.87. The lowest BCUT2D eigenvalue weighted by Gasteiger charge is -2.47. The van der Waals surface area contributed by atoms with Crippen LogP contribution in [0.5, 0.6) is 6.01 Å². The van der Waals surface area contributed by atoms with Crippen molar-refractivity contribution in [2.45, 2.75) is 67.8 Å². The second kappa shape index (κ2) is 9.95. The van der Waals surface area contributed by atoms with E-state index in [1.54, 1.807) is 0 Å². The highest BCUT2D eigenvalue weighted by Crippen LogP contribution is 2.57. The van der Waals surface area contributed by atoms with Crippen LogP contribution < -0.4 is 20.3 Å². The van der Waals surface area contributed by atoms with E-state index in [-0.39, 0.29) is 22.3 Å². The number of nitrogen functional groups attached to an aromatic ring is 1. The van der Waals surface area contributed by atoms with E-state index in [4.69, 9.17) is 20.4 Å². The van der Waals surface area contributed by atoms with Crippen LogP contribution >= 0.6 is 23.1 Å². The number of nitriles is 2. The summed E-state index contributed by atoms with van der Waals surface area (Å²) in [5.74, 6) is 1.82. The molecule has 3 saturated heterocycles.